The van der Waals surface area contributed by atoms with Crippen LogP contribution in [0.15, 0.2) is 46.9 Å². The van der Waals surface area contributed by atoms with Crippen molar-refractivity contribution in [2.45, 2.75) is 13.5 Å². The molecule has 19 heavy (non-hydrogen) atoms. The van der Waals surface area contributed by atoms with E-state index in [1.165, 1.54) is 6.07 Å². The summed E-state index contributed by atoms with van der Waals surface area (Å²) in [7, 11) is 0. The van der Waals surface area contributed by atoms with E-state index in [0.29, 0.717) is 16.7 Å². The van der Waals surface area contributed by atoms with E-state index in [1.807, 2.05) is 31.2 Å². The maximum atomic E-state index is 11.0. The van der Waals surface area contributed by atoms with Gasteiger partial charge in [0, 0.05) is 17.1 Å². The number of rotatable bonds is 4. The highest BCUT2D eigenvalue weighted by atomic mass is 79.9. The summed E-state index contributed by atoms with van der Waals surface area (Å²) in [6.45, 7) is 2.59. The van der Waals surface area contributed by atoms with Gasteiger partial charge >= 0.3 is 0 Å². The number of hydrogen-bond donors (Lipinski definition) is 1. The lowest BCUT2D eigenvalue weighted by molar-refractivity contribution is -0.384. The van der Waals surface area contributed by atoms with Crippen LogP contribution in [0.2, 0.25) is 0 Å². The molecule has 0 amide bonds. The lowest BCUT2D eigenvalue weighted by atomic mass is 10.1. The Kier molecular flexibility index (Phi) is 4.16. The number of halogens is 1. The molecule has 4 nitrogen and oxygen atoms in total. The Morgan fingerprint density at radius 3 is 2.68 bits per heavy atom. The van der Waals surface area contributed by atoms with Gasteiger partial charge in [0.1, 0.15) is 5.69 Å². The summed E-state index contributed by atoms with van der Waals surface area (Å²) in [5.74, 6) is 0. The Labute approximate surface area is 119 Å². The number of hydrogen-bond acceptors (Lipinski definition) is 3. The van der Waals surface area contributed by atoms with Gasteiger partial charge in [0.05, 0.1) is 4.92 Å². The highest BCUT2D eigenvalue weighted by Crippen LogP contribution is 2.28. The van der Waals surface area contributed by atoms with Gasteiger partial charge in [-0.1, -0.05) is 40.2 Å². The summed E-state index contributed by atoms with van der Waals surface area (Å²) in [6.07, 6.45) is 0. The molecule has 0 bridgehead atoms. The zero-order chi connectivity index (χ0) is 13.8. The maximum Gasteiger partial charge on any atom is 0.293 e. The Morgan fingerprint density at radius 1 is 1.26 bits per heavy atom. The van der Waals surface area contributed by atoms with E-state index in [-0.39, 0.29) is 10.6 Å². The second kappa shape index (κ2) is 5.84. The van der Waals surface area contributed by atoms with Crippen LogP contribution in [-0.2, 0) is 6.54 Å². The van der Waals surface area contributed by atoms with Crippen molar-refractivity contribution in [3.8, 4) is 0 Å². The number of benzene rings is 2. The number of anilines is 1. The first-order chi connectivity index (χ1) is 9.08. The smallest absolute Gasteiger partial charge is 0.293 e. The van der Waals surface area contributed by atoms with E-state index in [2.05, 4.69) is 21.2 Å². The predicted molar refractivity (Wildman–Crippen MR) is 79.3 cm³/mol. The van der Waals surface area contributed by atoms with Crippen molar-refractivity contribution in [2.24, 2.45) is 0 Å². The van der Waals surface area contributed by atoms with Gasteiger partial charge in [-0.05, 0) is 30.2 Å². The first-order valence-electron chi connectivity index (χ1n) is 5.80. The van der Waals surface area contributed by atoms with Gasteiger partial charge < -0.3 is 5.32 Å². The highest BCUT2D eigenvalue weighted by Gasteiger charge is 2.13. The Morgan fingerprint density at radius 2 is 2.00 bits per heavy atom. The summed E-state index contributed by atoms with van der Waals surface area (Å²) in [4.78, 5) is 10.6. The van der Waals surface area contributed by atoms with Gasteiger partial charge in [0.2, 0.25) is 0 Å². The average molecular weight is 321 g/mol. The molecule has 0 aliphatic carbocycles. The van der Waals surface area contributed by atoms with Crippen molar-refractivity contribution in [2.75, 3.05) is 5.32 Å². The third-order valence-electron chi connectivity index (χ3n) is 2.89. The van der Waals surface area contributed by atoms with Crippen LogP contribution in [0.25, 0.3) is 0 Å². The van der Waals surface area contributed by atoms with Crippen LogP contribution in [0.3, 0.4) is 0 Å². The molecule has 0 aromatic heterocycles. The minimum Gasteiger partial charge on any atom is -0.375 e. The fourth-order valence-electron chi connectivity index (χ4n) is 1.80. The lowest BCUT2D eigenvalue weighted by Gasteiger charge is -2.09. The van der Waals surface area contributed by atoms with Crippen LogP contribution in [0.5, 0.6) is 0 Å². The molecule has 0 heterocycles. The molecular weight excluding hydrogens is 308 g/mol. The van der Waals surface area contributed by atoms with E-state index in [1.54, 1.807) is 12.1 Å². The van der Waals surface area contributed by atoms with Crippen LogP contribution in [0.1, 0.15) is 11.1 Å². The van der Waals surface area contributed by atoms with Gasteiger partial charge in [-0.2, -0.15) is 0 Å². The molecule has 0 fully saturated rings. The monoisotopic (exact) mass is 320 g/mol. The normalized spacial score (nSPS) is 10.2. The van der Waals surface area contributed by atoms with Crippen molar-refractivity contribution in [3.05, 3.63) is 68.2 Å². The van der Waals surface area contributed by atoms with Crippen molar-refractivity contribution in [1.82, 2.24) is 0 Å². The lowest BCUT2D eigenvalue weighted by Crippen LogP contribution is -2.03. The molecule has 0 aliphatic heterocycles. The minimum absolute atomic E-state index is 0.0722. The van der Waals surface area contributed by atoms with Gasteiger partial charge in [0.15, 0.2) is 0 Å². The molecule has 2 aromatic rings. The molecule has 0 radical (unpaired) electrons. The van der Waals surface area contributed by atoms with E-state index >= 15 is 0 Å². The Bertz CT molecular complexity index is 614. The fraction of sp³-hybridized carbons (Fsp3) is 0.143. The zero-order valence-electron chi connectivity index (χ0n) is 10.4. The summed E-state index contributed by atoms with van der Waals surface area (Å²) >= 11 is 3.24. The number of nitrogens with one attached hydrogen (secondary N) is 1. The molecule has 2 aromatic carbocycles. The minimum atomic E-state index is -0.384. The van der Waals surface area contributed by atoms with Crippen molar-refractivity contribution in [3.63, 3.8) is 0 Å². The van der Waals surface area contributed by atoms with Gasteiger partial charge in [-0.25, -0.2) is 0 Å². The van der Waals surface area contributed by atoms with Gasteiger partial charge in [-0.3, -0.25) is 10.1 Å². The Balaban J connectivity index is 2.20. The number of nitro groups is 1. The fourth-order valence-corrected chi connectivity index (χ4v) is 2.15. The molecule has 0 unspecified atom stereocenters. The molecule has 0 aliphatic rings. The second-order valence-corrected chi connectivity index (χ2v) is 5.11. The standard InChI is InChI=1S/C14H13BrN2O2/c1-10-4-2-3-5-11(10)9-16-13-7-6-12(15)8-14(13)17(18)19/h2-8,16H,9H2,1H3. The molecule has 0 saturated carbocycles. The second-order valence-electron chi connectivity index (χ2n) is 4.20. The maximum absolute atomic E-state index is 11.0. The van der Waals surface area contributed by atoms with Crippen molar-refractivity contribution >= 4 is 27.3 Å². The topological polar surface area (TPSA) is 55.2 Å². The SMILES string of the molecule is Cc1ccccc1CNc1ccc(Br)cc1[N+](=O)[O-]. The molecule has 2 rings (SSSR count). The molecule has 5 heteroatoms. The largest absolute Gasteiger partial charge is 0.375 e. The number of nitrogens with zero attached hydrogens (tertiary/aromatic N) is 1. The molecule has 98 valence electrons. The van der Waals surface area contributed by atoms with Crippen LogP contribution < -0.4 is 5.32 Å². The van der Waals surface area contributed by atoms with E-state index in [9.17, 15) is 10.1 Å². The molecule has 0 spiro atoms. The third-order valence-corrected chi connectivity index (χ3v) is 3.38. The van der Waals surface area contributed by atoms with Crippen LogP contribution in [0.4, 0.5) is 11.4 Å². The summed E-state index contributed by atoms with van der Waals surface area (Å²) in [5.41, 5.74) is 2.88. The van der Waals surface area contributed by atoms with Gasteiger partial charge in [-0.15, -0.1) is 0 Å². The van der Waals surface area contributed by atoms with E-state index < -0.39 is 0 Å². The summed E-state index contributed by atoms with van der Waals surface area (Å²) in [5, 5.41) is 14.1. The van der Waals surface area contributed by atoms with E-state index in [4.69, 9.17) is 0 Å². The number of nitro benzene ring substituents is 1. The van der Waals surface area contributed by atoms with E-state index in [0.717, 1.165) is 11.1 Å². The Hall–Kier alpha value is -1.88. The molecule has 0 atom stereocenters. The van der Waals surface area contributed by atoms with Gasteiger partial charge in [0.25, 0.3) is 5.69 Å². The highest BCUT2D eigenvalue weighted by molar-refractivity contribution is 9.10. The van der Waals surface area contributed by atoms with Crippen molar-refractivity contribution in [1.29, 1.82) is 0 Å². The first-order valence-corrected chi connectivity index (χ1v) is 6.59. The molecular formula is C14H13BrN2O2. The van der Waals surface area contributed by atoms with Crippen molar-refractivity contribution < 1.29 is 4.92 Å². The summed E-state index contributed by atoms with van der Waals surface area (Å²) in [6, 6.07) is 13.0. The molecule has 1 N–H and O–H groups in total. The average Bonchev–Trinajstić information content (AvgIpc) is 2.38. The van der Waals surface area contributed by atoms with Crippen LogP contribution in [0, 0.1) is 17.0 Å². The van der Waals surface area contributed by atoms with Crippen LogP contribution >= 0.6 is 15.9 Å². The number of aryl methyl sites for hydroxylation is 1. The first kappa shape index (κ1) is 13.5. The summed E-state index contributed by atoms with van der Waals surface area (Å²) < 4.78 is 0.695. The quantitative estimate of drug-likeness (QED) is 0.675. The van der Waals surface area contributed by atoms with Crippen LogP contribution in [-0.4, -0.2) is 4.92 Å². The third kappa shape index (κ3) is 3.32. The predicted octanol–water partition coefficient (Wildman–Crippen LogP) is 4.28. The zero-order valence-corrected chi connectivity index (χ0v) is 12.0. The molecule has 0 saturated heterocycles.